The monoisotopic (exact) mass is 296 g/mol. The van der Waals surface area contributed by atoms with Crippen molar-refractivity contribution in [3.63, 3.8) is 0 Å². The van der Waals surface area contributed by atoms with E-state index in [1.807, 2.05) is 0 Å². The second-order valence-electron chi connectivity index (χ2n) is 7.36. The fraction of sp³-hybridized carbons (Fsp3) is 0.824. The van der Waals surface area contributed by atoms with Gasteiger partial charge in [-0.05, 0) is 17.9 Å². The SMILES string of the molecule is COC(=O)C1=C[C@@H](C)[C@@H]1C[Si](C(C)C)(C(C)C)C(C)C. The van der Waals surface area contributed by atoms with E-state index in [0.29, 0.717) is 11.8 Å². The van der Waals surface area contributed by atoms with Crippen molar-refractivity contribution in [1.82, 2.24) is 0 Å². The van der Waals surface area contributed by atoms with Gasteiger partial charge in [0.15, 0.2) is 0 Å². The molecule has 3 heteroatoms. The Bertz CT molecular complexity index is 361. The third kappa shape index (κ3) is 2.88. The number of hydrogen-bond acceptors (Lipinski definition) is 2. The number of carbonyl (C=O) groups excluding carboxylic acids is 1. The lowest BCUT2D eigenvalue weighted by Gasteiger charge is -2.48. The van der Waals surface area contributed by atoms with E-state index in [2.05, 4.69) is 54.5 Å². The Morgan fingerprint density at radius 2 is 1.60 bits per heavy atom. The average Bonchev–Trinajstić information content (AvgIpc) is 2.34. The third-order valence-electron chi connectivity index (χ3n) is 5.70. The summed E-state index contributed by atoms with van der Waals surface area (Å²) < 4.78 is 4.94. The summed E-state index contributed by atoms with van der Waals surface area (Å²) in [5.74, 6) is 0.820. The summed E-state index contributed by atoms with van der Waals surface area (Å²) >= 11 is 0. The highest BCUT2D eigenvalue weighted by molar-refractivity contribution is 6.83. The molecule has 1 aliphatic carbocycles. The van der Waals surface area contributed by atoms with E-state index < -0.39 is 8.07 Å². The predicted octanol–water partition coefficient (Wildman–Crippen LogP) is 5.03. The molecule has 0 radical (unpaired) electrons. The van der Waals surface area contributed by atoms with Gasteiger partial charge in [0.25, 0.3) is 0 Å². The number of ether oxygens (including phenoxy) is 1. The largest absolute Gasteiger partial charge is 0.466 e. The van der Waals surface area contributed by atoms with E-state index in [4.69, 9.17) is 4.74 Å². The van der Waals surface area contributed by atoms with E-state index in [1.165, 1.54) is 13.2 Å². The number of methoxy groups -OCH3 is 1. The van der Waals surface area contributed by atoms with Gasteiger partial charge in [0.2, 0.25) is 0 Å². The zero-order chi connectivity index (χ0) is 15.7. The Morgan fingerprint density at radius 1 is 1.15 bits per heavy atom. The molecule has 0 bridgehead atoms. The van der Waals surface area contributed by atoms with Crippen molar-refractivity contribution < 1.29 is 9.53 Å². The van der Waals surface area contributed by atoms with Gasteiger partial charge in [-0.1, -0.05) is 71.2 Å². The minimum absolute atomic E-state index is 0.118. The van der Waals surface area contributed by atoms with E-state index in [9.17, 15) is 4.79 Å². The maximum Gasteiger partial charge on any atom is 0.333 e. The lowest BCUT2D eigenvalue weighted by Crippen LogP contribution is -2.48. The lowest BCUT2D eigenvalue weighted by molar-refractivity contribution is -0.137. The Morgan fingerprint density at radius 3 is 1.90 bits per heavy atom. The number of allylic oxidation sites excluding steroid dienone is 1. The third-order valence-corrected chi connectivity index (χ3v) is 13.3. The first kappa shape index (κ1) is 17.5. The molecule has 0 aromatic carbocycles. The zero-order valence-corrected chi connectivity index (χ0v) is 15.5. The molecule has 0 aromatic rings. The molecule has 0 aliphatic heterocycles. The molecule has 20 heavy (non-hydrogen) atoms. The number of rotatable bonds is 6. The van der Waals surface area contributed by atoms with E-state index in [-0.39, 0.29) is 5.97 Å². The zero-order valence-electron chi connectivity index (χ0n) is 14.5. The van der Waals surface area contributed by atoms with Crippen LogP contribution in [-0.2, 0) is 9.53 Å². The normalized spacial score (nSPS) is 23.1. The molecule has 0 spiro atoms. The number of hydrogen-bond donors (Lipinski definition) is 0. The van der Waals surface area contributed by atoms with Crippen LogP contribution in [0, 0.1) is 11.8 Å². The molecular formula is C17H32O2Si. The molecule has 116 valence electrons. The first-order chi connectivity index (χ1) is 9.18. The predicted molar refractivity (Wildman–Crippen MR) is 88.6 cm³/mol. The molecule has 0 aromatic heterocycles. The van der Waals surface area contributed by atoms with Gasteiger partial charge in [-0.3, -0.25) is 0 Å². The van der Waals surface area contributed by atoms with Gasteiger partial charge in [-0.15, -0.1) is 0 Å². The van der Waals surface area contributed by atoms with Gasteiger partial charge < -0.3 is 4.74 Å². The van der Waals surface area contributed by atoms with E-state index in [0.717, 1.165) is 22.2 Å². The molecule has 1 rings (SSSR count). The van der Waals surface area contributed by atoms with Crippen LogP contribution in [0.2, 0.25) is 22.7 Å². The fourth-order valence-electron chi connectivity index (χ4n) is 4.41. The molecule has 0 unspecified atom stereocenters. The van der Waals surface area contributed by atoms with Crippen LogP contribution in [0.1, 0.15) is 48.5 Å². The first-order valence-electron chi connectivity index (χ1n) is 7.98. The van der Waals surface area contributed by atoms with Crippen LogP contribution in [0.15, 0.2) is 11.6 Å². The smallest absolute Gasteiger partial charge is 0.333 e. The summed E-state index contributed by atoms with van der Waals surface area (Å²) in [4.78, 5) is 11.9. The van der Waals surface area contributed by atoms with Gasteiger partial charge in [-0.25, -0.2) is 4.79 Å². The minimum atomic E-state index is -1.45. The molecular weight excluding hydrogens is 264 g/mol. The molecule has 0 heterocycles. The number of carbonyl (C=O) groups is 1. The summed E-state index contributed by atoms with van der Waals surface area (Å²) in [5, 5.41) is 0. The highest BCUT2D eigenvalue weighted by Crippen LogP contribution is 2.51. The molecule has 2 atom stereocenters. The van der Waals surface area contributed by atoms with Gasteiger partial charge >= 0.3 is 5.97 Å². The van der Waals surface area contributed by atoms with Crippen molar-refractivity contribution in [2.75, 3.05) is 7.11 Å². The molecule has 0 saturated heterocycles. The van der Waals surface area contributed by atoms with Crippen molar-refractivity contribution in [3.8, 4) is 0 Å². The Labute approximate surface area is 126 Å². The van der Waals surface area contributed by atoms with Crippen LogP contribution in [0.25, 0.3) is 0 Å². The van der Waals surface area contributed by atoms with Gasteiger partial charge in [-0.2, -0.15) is 0 Å². The quantitative estimate of drug-likeness (QED) is 0.507. The van der Waals surface area contributed by atoms with Gasteiger partial charge in [0.1, 0.15) is 0 Å². The van der Waals surface area contributed by atoms with Crippen LogP contribution in [0.3, 0.4) is 0 Å². The summed E-state index contributed by atoms with van der Waals surface area (Å²) in [6, 6.07) is 1.22. The molecule has 2 nitrogen and oxygen atoms in total. The van der Waals surface area contributed by atoms with Crippen LogP contribution < -0.4 is 0 Å². The first-order valence-corrected chi connectivity index (χ1v) is 10.4. The standard InChI is InChI=1S/C17H32O2Si/c1-11(2)20(12(3)4,13(5)6)10-16-14(7)9-15(16)17(18)19-8/h9,11-14,16H,10H2,1-8H3/t14-,16+/m1/s1. The highest BCUT2D eigenvalue weighted by atomic mass is 28.3. The van der Waals surface area contributed by atoms with Crippen molar-refractivity contribution >= 4 is 14.0 Å². The Balaban J connectivity index is 3.03. The second kappa shape index (κ2) is 6.46. The van der Waals surface area contributed by atoms with Gasteiger partial charge in [0.05, 0.1) is 15.2 Å². The maximum atomic E-state index is 11.9. The highest BCUT2D eigenvalue weighted by Gasteiger charge is 2.48. The van der Waals surface area contributed by atoms with E-state index >= 15 is 0 Å². The lowest BCUT2D eigenvalue weighted by atomic mass is 9.77. The summed E-state index contributed by atoms with van der Waals surface area (Å²) in [6.07, 6.45) is 2.09. The second-order valence-corrected chi connectivity index (χ2v) is 13.5. The maximum absolute atomic E-state index is 11.9. The Kier molecular flexibility index (Phi) is 5.65. The minimum Gasteiger partial charge on any atom is -0.466 e. The molecule has 0 amide bonds. The Hall–Kier alpha value is -0.573. The molecule has 0 N–H and O–H groups in total. The van der Waals surface area contributed by atoms with Gasteiger partial charge in [0, 0.05) is 5.57 Å². The van der Waals surface area contributed by atoms with Crippen LogP contribution in [-0.4, -0.2) is 21.2 Å². The van der Waals surface area contributed by atoms with Crippen LogP contribution in [0.4, 0.5) is 0 Å². The molecule has 0 fully saturated rings. The summed E-state index contributed by atoms with van der Waals surface area (Å²) in [7, 11) is 0.0361. The van der Waals surface area contributed by atoms with Crippen molar-refractivity contribution in [3.05, 3.63) is 11.6 Å². The van der Waals surface area contributed by atoms with Crippen molar-refractivity contribution in [2.24, 2.45) is 11.8 Å². The van der Waals surface area contributed by atoms with Crippen LogP contribution >= 0.6 is 0 Å². The fourth-order valence-corrected chi connectivity index (χ4v) is 11.2. The average molecular weight is 297 g/mol. The van der Waals surface area contributed by atoms with E-state index in [1.54, 1.807) is 0 Å². The molecule has 1 aliphatic rings. The van der Waals surface area contributed by atoms with Crippen LogP contribution in [0.5, 0.6) is 0 Å². The summed E-state index contributed by atoms with van der Waals surface area (Å²) in [5.41, 5.74) is 3.16. The molecule has 0 saturated carbocycles. The van der Waals surface area contributed by atoms with Crippen molar-refractivity contribution in [2.45, 2.75) is 71.1 Å². The summed E-state index contributed by atoms with van der Waals surface area (Å²) in [6.45, 7) is 16.5. The topological polar surface area (TPSA) is 26.3 Å². The number of esters is 1. The van der Waals surface area contributed by atoms with Crippen molar-refractivity contribution in [1.29, 1.82) is 0 Å².